The first kappa shape index (κ1) is 16.0. The molecule has 0 aliphatic rings. The SMILES string of the molecule is Cc1nn(CC(=O)O)c2cc(-c3ccc(F)c(C(F)F)c3)cnc12. The highest BCUT2D eigenvalue weighted by Gasteiger charge is 2.16. The Morgan fingerprint density at radius 1 is 1.29 bits per heavy atom. The molecule has 8 heteroatoms. The second-order valence-corrected chi connectivity index (χ2v) is 5.27. The number of aliphatic carboxylic acids is 1. The Morgan fingerprint density at radius 2 is 2.04 bits per heavy atom. The van der Waals surface area contributed by atoms with Gasteiger partial charge in [-0.25, -0.2) is 13.2 Å². The lowest BCUT2D eigenvalue weighted by molar-refractivity contribution is -0.137. The number of carboxylic acid groups (broad SMARTS) is 1. The van der Waals surface area contributed by atoms with E-state index in [1.807, 2.05) is 0 Å². The van der Waals surface area contributed by atoms with Crippen LogP contribution in [0.1, 0.15) is 17.7 Å². The van der Waals surface area contributed by atoms with Crippen LogP contribution in [0.5, 0.6) is 0 Å². The molecule has 3 aromatic rings. The molecule has 0 radical (unpaired) electrons. The molecule has 2 heterocycles. The maximum atomic E-state index is 13.4. The lowest BCUT2D eigenvalue weighted by atomic mass is 10.0. The van der Waals surface area contributed by atoms with Gasteiger partial charge in [0.05, 0.1) is 16.8 Å². The van der Waals surface area contributed by atoms with Gasteiger partial charge in [-0.05, 0) is 30.7 Å². The number of carboxylic acids is 1. The molecule has 24 heavy (non-hydrogen) atoms. The number of nitrogens with zero attached hydrogens (tertiary/aromatic N) is 3. The average molecular weight is 335 g/mol. The fraction of sp³-hybridized carbons (Fsp3) is 0.188. The molecule has 0 amide bonds. The van der Waals surface area contributed by atoms with E-state index in [-0.39, 0.29) is 6.54 Å². The van der Waals surface area contributed by atoms with Gasteiger partial charge < -0.3 is 5.11 Å². The number of aromatic nitrogens is 3. The van der Waals surface area contributed by atoms with Crippen molar-refractivity contribution in [3.05, 3.63) is 47.5 Å². The van der Waals surface area contributed by atoms with Crippen molar-refractivity contribution in [1.82, 2.24) is 14.8 Å². The normalized spacial score (nSPS) is 11.4. The van der Waals surface area contributed by atoms with Crippen LogP contribution in [-0.2, 0) is 11.3 Å². The fourth-order valence-electron chi connectivity index (χ4n) is 2.51. The smallest absolute Gasteiger partial charge is 0.325 e. The van der Waals surface area contributed by atoms with E-state index in [1.165, 1.54) is 16.9 Å². The Morgan fingerprint density at radius 3 is 2.71 bits per heavy atom. The Kier molecular flexibility index (Phi) is 3.96. The van der Waals surface area contributed by atoms with E-state index in [0.717, 1.165) is 12.1 Å². The summed E-state index contributed by atoms with van der Waals surface area (Å²) in [7, 11) is 0. The maximum Gasteiger partial charge on any atom is 0.325 e. The molecule has 0 saturated heterocycles. The van der Waals surface area contributed by atoms with Crippen molar-refractivity contribution in [2.75, 3.05) is 0 Å². The van der Waals surface area contributed by atoms with E-state index in [9.17, 15) is 18.0 Å². The molecule has 0 aliphatic carbocycles. The Bertz CT molecular complexity index is 938. The Labute approximate surface area is 134 Å². The van der Waals surface area contributed by atoms with Crippen LogP contribution >= 0.6 is 0 Å². The first-order valence-electron chi connectivity index (χ1n) is 6.99. The topological polar surface area (TPSA) is 68.0 Å². The molecule has 0 spiro atoms. The van der Waals surface area contributed by atoms with Crippen molar-refractivity contribution >= 4 is 17.0 Å². The summed E-state index contributed by atoms with van der Waals surface area (Å²) in [4.78, 5) is 15.2. The monoisotopic (exact) mass is 335 g/mol. The van der Waals surface area contributed by atoms with E-state index < -0.39 is 23.8 Å². The van der Waals surface area contributed by atoms with Gasteiger partial charge in [-0.3, -0.25) is 14.5 Å². The maximum absolute atomic E-state index is 13.4. The predicted octanol–water partition coefficient (Wildman–Crippen LogP) is 3.57. The zero-order chi connectivity index (χ0) is 17.4. The summed E-state index contributed by atoms with van der Waals surface area (Å²) < 4.78 is 40.4. The fourth-order valence-corrected chi connectivity index (χ4v) is 2.51. The van der Waals surface area contributed by atoms with Crippen molar-refractivity contribution in [3.63, 3.8) is 0 Å². The number of fused-ring (bicyclic) bond motifs is 1. The number of benzene rings is 1. The number of pyridine rings is 1. The van der Waals surface area contributed by atoms with Crippen LogP contribution in [0, 0.1) is 12.7 Å². The van der Waals surface area contributed by atoms with E-state index in [2.05, 4.69) is 10.1 Å². The zero-order valence-electron chi connectivity index (χ0n) is 12.5. The van der Waals surface area contributed by atoms with Gasteiger partial charge in [0.1, 0.15) is 17.9 Å². The highest BCUT2D eigenvalue weighted by molar-refractivity contribution is 5.83. The molecule has 5 nitrogen and oxygen atoms in total. The summed E-state index contributed by atoms with van der Waals surface area (Å²) >= 11 is 0. The molecular weight excluding hydrogens is 323 g/mol. The third-order valence-corrected chi connectivity index (χ3v) is 3.61. The van der Waals surface area contributed by atoms with E-state index in [1.54, 1.807) is 13.0 Å². The second kappa shape index (κ2) is 5.95. The third kappa shape index (κ3) is 2.82. The molecule has 0 aliphatic heterocycles. The molecule has 124 valence electrons. The van der Waals surface area contributed by atoms with Crippen molar-refractivity contribution in [2.45, 2.75) is 19.9 Å². The molecular formula is C16H12F3N3O2. The van der Waals surface area contributed by atoms with E-state index in [0.29, 0.717) is 27.9 Å². The quantitative estimate of drug-likeness (QED) is 0.791. The molecule has 0 atom stereocenters. The molecule has 2 aromatic heterocycles. The molecule has 0 bridgehead atoms. The number of hydrogen-bond acceptors (Lipinski definition) is 3. The van der Waals surface area contributed by atoms with Crippen LogP contribution < -0.4 is 0 Å². The van der Waals surface area contributed by atoms with Crippen LogP contribution in [0.3, 0.4) is 0 Å². The molecule has 1 aromatic carbocycles. The summed E-state index contributed by atoms with van der Waals surface area (Å²) in [5.74, 6) is -2.04. The molecule has 0 unspecified atom stereocenters. The van der Waals surface area contributed by atoms with E-state index >= 15 is 0 Å². The van der Waals surface area contributed by atoms with E-state index in [4.69, 9.17) is 5.11 Å². The lowest BCUT2D eigenvalue weighted by Gasteiger charge is -2.07. The summed E-state index contributed by atoms with van der Waals surface area (Å²) in [6.45, 7) is 1.35. The van der Waals surface area contributed by atoms with Crippen LogP contribution in [0.15, 0.2) is 30.5 Å². The Balaban J connectivity index is 2.14. The van der Waals surface area contributed by atoms with Crippen LogP contribution in [0.2, 0.25) is 0 Å². The lowest BCUT2D eigenvalue weighted by Crippen LogP contribution is -2.10. The van der Waals surface area contributed by atoms with Gasteiger partial charge in [-0.2, -0.15) is 5.10 Å². The highest BCUT2D eigenvalue weighted by atomic mass is 19.3. The van der Waals surface area contributed by atoms with Crippen LogP contribution in [0.25, 0.3) is 22.2 Å². The van der Waals surface area contributed by atoms with Gasteiger partial charge >= 0.3 is 5.97 Å². The first-order valence-corrected chi connectivity index (χ1v) is 6.99. The first-order chi connectivity index (χ1) is 11.4. The second-order valence-electron chi connectivity index (χ2n) is 5.27. The summed E-state index contributed by atoms with van der Waals surface area (Å²) in [6, 6.07) is 5.01. The number of carbonyl (C=O) groups is 1. The van der Waals surface area contributed by atoms with Gasteiger partial charge in [0.15, 0.2) is 0 Å². The van der Waals surface area contributed by atoms with Crippen molar-refractivity contribution < 1.29 is 23.1 Å². The van der Waals surface area contributed by atoms with Gasteiger partial charge in [-0.15, -0.1) is 0 Å². The summed E-state index contributed by atoms with van der Waals surface area (Å²) in [6.07, 6.45) is -1.47. The highest BCUT2D eigenvalue weighted by Crippen LogP contribution is 2.29. The van der Waals surface area contributed by atoms with Gasteiger partial charge in [0.25, 0.3) is 6.43 Å². The molecule has 3 rings (SSSR count). The average Bonchev–Trinajstić information content (AvgIpc) is 2.82. The number of aryl methyl sites for hydroxylation is 1. The molecule has 0 fully saturated rings. The number of halogens is 3. The predicted molar refractivity (Wildman–Crippen MR) is 80.3 cm³/mol. The van der Waals surface area contributed by atoms with Crippen molar-refractivity contribution in [2.24, 2.45) is 0 Å². The van der Waals surface area contributed by atoms with Gasteiger partial charge in [0.2, 0.25) is 0 Å². The standard InChI is InChI=1S/C16H12F3N3O2/c1-8-15-13(22(21-8)7-14(23)24)5-10(6-20-15)9-2-3-12(17)11(4-9)16(18)19/h2-6,16H,7H2,1H3,(H,23,24). The summed E-state index contributed by atoms with van der Waals surface area (Å²) in [5.41, 5.74) is 1.69. The number of alkyl halides is 2. The molecule has 0 saturated carbocycles. The molecule has 1 N–H and O–H groups in total. The number of rotatable bonds is 4. The zero-order valence-corrected chi connectivity index (χ0v) is 12.5. The minimum absolute atomic E-state index is 0.346. The van der Waals surface area contributed by atoms with Gasteiger partial charge in [0, 0.05) is 11.8 Å². The number of hydrogen-bond donors (Lipinski definition) is 1. The van der Waals surface area contributed by atoms with Crippen molar-refractivity contribution in [3.8, 4) is 11.1 Å². The third-order valence-electron chi connectivity index (χ3n) is 3.61. The minimum atomic E-state index is -2.93. The van der Waals surface area contributed by atoms with Gasteiger partial charge in [-0.1, -0.05) is 6.07 Å². The summed E-state index contributed by atoms with van der Waals surface area (Å²) in [5, 5.41) is 13.1. The largest absolute Gasteiger partial charge is 0.480 e. The van der Waals surface area contributed by atoms with Crippen molar-refractivity contribution in [1.29, 1.82) is 0 Å². The van der Waals surface area contributed by atoms with Crippen LogP contribution in [-0.4, -0.2) is 25.8 Å². The van der Waals surface area contributed by atoms with Crippen LogP contribution in [0.4, 0.5) is 13.2 Å². The minimum Gasteiger partial charge on any atom is -0.480 e. The Hall–Kier alpha value is -2.90.